The smallest absolute Gasteiger partial charge is 0.152 e. The van der Waals surface area contributed by atoms with Crippen LogP contribution < -0.4 is 11.7 Å². The molecule has 0 aromatic rings. The predicted molar refractivity (Wildman–Crippen MR) is 69.5 cm³/mol. The van der Waals surface area contributed by atoms with Crippen molar-refractivity contribution in [3.8, 4) is 0 Å². The third-order valence-electron chi connectivity index (χ3n) is 2.93. The quantitative estimate of drug-likeness (QED) is 0.475. The van der Waals surface area contributed by atoms with Crippen LogP contribution in [0.25, 0.3) is 0 Å². The highest BCUT2D eigenvalue weighted by Gasteiger charge is 2.46. The number of nitrogens with zero attached hydrogens (tertiary/aromatic N) is 2. The van der Waals surface area contributed by atoms with E-state index in [9.17, 15) is 8.42 Å². The summed E-state index contributed by atoms with van der Waals surface area (Å²) in [4.78, 5) is 0. The summed E-state index contributed by atoms with van der Waals surface area (Å²) >= 11 is 0. The highest BCUT2D eigenvalue weighted by molar-refractivity contribution is 7.91. The predicted octanol–water partition coefficient (Wildman–Crippen LogP) is 0.0966. The van der Waals surface area contributed by atoms with Gasteiger partial charge in [0.05, 0.1) is 22.9 Å². The molecule has 4 N–H and O–H groups in total. The van der Waals surface area contributed by atoms with Crippen LogP contribution in [0.4, 0.5) is 0 Å². The van der Waals surface area contributed by atoms with Crippen LogP contribution in [0.5, 0.6) is 0 Å². The van der Waals surface area contributed by atoms with E-state index >= 15 is 0 Å². The normalized spacial score (nSPS) is 31.3. The maximum atomic E-state index is 12.0. The Morgan fingerprint density at radius 1 is 0.941 bits per heavy atom. The molecule has 1 heterocycles. The van der Waals surface area contributed by atoms with Crippen LogP contribution in [0.2, 0.25) is 0 Å². The van der Waals surface area contributed by atoms with Gasteiger partial charge in [0, 0.05) is 10.8 Å². The van der Waals surface area contributed by atoms with Gasteiger partial charge >= 0.3 is 0 Å². The fraction of sp³-hybridized carbons (Fsp3) is 0.800. The number of sulfone groups is 1. The first-order chi connectivity index (χ1) is 7.56. The highest BCUT2D eigenvalue weighted by atomic mass is 32.2. The van der Waals surface area contributed by atoms with Crippen molar-refractivity contribution in [2.75, 3.05) is 11.5 Å². The molecule has 0 amide bonds. The molecule has 0 saturated carbocycles. The van der Waals surface area contributed by atoms with Gasteiger partial charge in [-0.05, 0) is 0 Å². The van der Waals surface area contributed by atoms with Crippen LogP contribution >= 0.6 is 0 Å². The van der Waals surface area contributed by atoms with Crippen LogP contribution in [0.1, 0.15) is 27.7 Å². The average molecular weight is 260 g/mol. The van der Waals surface area contributed by atoms with E-state index < -0.39 is 20.7 Å². The zero-order valence-electron chi connectivity index (χ0n) is 10.7. The van der Waals surface area contributed by atoms with Gasteiger partial charge in [-0.25, -0.2) is 8.42 Å². The molecule has 1 aliphatic rings. The van der Waals surface area contributed by atoms with Gasteiger partial charge in [-0.3, -0.25) is 0 Å². The van der Waals surface area contributed by atoms with Crippen molar-refractivity contribution in [1.29, 1.82) is 0 Å². The van der Waals surface area contributed by atoms with E-state index in [0.29, 0.717) is 11.4 Å². The van der Waals surface area contributed by atoms with Gasteiger partial charge < -0.3 is 11.7 Å². The van der Waals surface area contributed by atoms with Crippen LogP contribution in [-0.4, -0.2) is 31.3 Å². The van der Waals surface area contributed by atoms with Crippen LogP contribution in [0.15, 0.2) is 10.2 Å². The van der Waals surface area contributed by atoms with Crippen molar-refractivity contribution in [3.05, 3.63) is 0 Å². The Labute approximate surface area is 102 Å². The summed E-state index contributed by atoms with van der Waals surface area (Å²) in [6, 6.07) is 0. The molecular weight excluding hydrogens is 240 g/mol. The maximum Gasteiger partial charge on any atom is 0.152 e. The molecule has 1 fully saturated rings. The Balaban J connectivity index is 3.52. The van der Waals surface area contributed by atoms with Crippen molar-refractivity contribution >= 4 is 21.3 Å². The lowest BCUT2D eigenvalue weighted by Gasteiger charge is -2.27. The lowest BCUT2D eigenvalue weighted by atomic mass is 9.77. The zero-order chi connectivity index (χ0) is 13.5. The van der Waals surface area contributed by atoms with E-state index in [4.69, 9.17) is 11.7 Å². The summed E-state index contributed by atoms with van der Waals surface area (Å²) in [5.74, 6) is 10.8. The molecule has 0 unspecified atom stereocenters. The third kappa shape index (κ3) is 2.59. The molecular formula is C10H20N4O2S. The summed E-state index contributed by atoms with van der Waals surface area (Å²) in [5, 5.41) is 7.43. The Hall–Kier alpha value is -1.11. The molecule has 6 nitrogen and oxygen atoms in total. The largest absolute Gasteiger partial charge is 0.323 e. The van der Waals surface area contributed by atoms with Gasteiger partial charge in [0.2, 0.25) is 0 Å². The molecule has 0 spiro atoms. The molecule has 1 saturated heterocycles. The van der Waals surface area contributed by atoms with Gasteiger partial charge in [0.1, 0.15) is 0 Å². The van der Waals surface area contributed by atoms with E-state index in [0.717, 1.165) is 0 Å². The number of nitrogens with two attached hydrogens (primary N) is 2. The molecule has 7 heteroatoms. The minimum Gasteiger partial charge on any atom is -0.323 e. The fourth-order valence-corrected chi connectivity index (χ4v) is 4.97. The standard InChI is InChI=1S/C10H20N4O2S/c1-9(2)5-17(15,16)6-10(3,4)8(14-12)7(9)13-11/h5-6,11-12H2,1-4H3/b13-7-,14-8+. The molecule has 0 bridgehead atoms. The van der Waals surface area contributed by atoms with Gasteiger partial charge in [-0.1, -0.05) is 27.7 Å². The molecule has 0 radical (unpaired) electrons. The zero-order valence-corrected chi connectivity index (χ0v) is 11.5. The SMILES string of the molecule is CC1(C)CS(=O)(=O)CC(C)(C)C(=N\N)/C1=N\N. The number of hydrogen-bond donors (Lipinski definition) is 2. The average Bonchev–Trinajstić information content (AvgIpc) is 2.12. The van der Waals surface area contributed by atoms with Gasteiger partial charge in [0.25, 0.3) is 0 Å². The number of hydrazone groups is 2. The van der Waals surface area contributed by atoms with Crippen molar-refractivity contribution in [2.24, 2.45) is 32.7 Å². The lowest BCUT2D eigenvalue weighted by Crippen LogP contribution is -2.40. The minimum absolute atomic E-state index is 0.00150. The minimum atomic E-state index is -3.19. The lowest BCUT2D eigenvalue weighted by molar-refractivity contribution is 0.539. The second-order valence-corrected chi connectivity index (χ2v) is 7.82. The van der Waals surface area contributed by atoms with Crippen LogP contribution in [0, 0.1) is 10.8 Å². The number of rotatable bonds is 0. The second kappa shape index (κ2) is 3.97. The van der Waals surface area contributed by atoms with E-state index in [2.05, 4.69) is 10.2 Å². The Morgan fingerprint density at radius 3 is 1.47 bits per heavy atom. The van der Waals surface area contributed by atoms with Crippen LogP contribution in [-0.2, 0) is 9.84 Å². The summed E-state index contributed by atoms with van der Waals surface area (Å²) in [7, 11) is -3.19. The molecule has 0 atom stereocenters. The Bertz CT molecular complexity index is 437. The third-order valence-corrected chi connectivity index (χ3v) is 5.25. The Kier molecular flexibility index (Phi) is 3.26. The second-order valence-electron chi connectivity index (χ2n) is 5.76. The van der Waals surface area contributed by atoms with Crippen LogP contribution in [0.3, 0.4) is 0 Å². The molecule has 98 valence electrons. The van der Waals surface area contributed by atoms with E-state index in [1.54, 1.807) is 27.7 Å². The topological polar surface area (TPSA) is 111 Å². The highest BCUT2D eigenvalue weighted by Crippen LogP contribution is 2.34. The summed E-state index contributed by atoms with van der Waals surface area (Å²) < 4.78 is 24.1. The van der Waals surface area contributed by atoms with E-state index in [1.807, 2.05) is 0 Å². The van der Waals surface area contributed by atoms with Gasteiger partial charge in [-0.15, -0.1) is 0 Å². The monoisotopic (exact) mass is 260 g/mol. The summed E-state index contributed by atoms with van der Waals surface area (Å²) in [5.41, 5.74) is -0.434. The molecule has 1 aliphatic heterocycles. The molecule has 0 aromatic heterocycles. The van der Waals surface area contributed by atoms with Gasteiger partial charge in [0.15, 0.2) is 9.84 Å². The summed E-state index contributed by atoms with van der Waals surface area (Å²) in [6.45, 7) is 7.12. The fourth-order valence-electron chi connectivity index (χ4n) is 2.40. The van der Waals surface area contributed by atoms with Crippen molar-refractivity contribution in [2.45, 2.75) is 27.7 Å². The molecule has 1 rings (SSSR count). The van der Waals surface area contributed by atoms with E-state index in [1.165, 1.54) is 0 Å². The Morgan fingerprint density at radius 2 is 1.24 bits per heavy atom. The first-order valence-corrected chi connectivity index (χ1v) is 7.15. The molecule has 0 aromatic carbocycles. The van der Waals surface area contributed by atoms with E-state index in [-0.39, 0.29) is 11.5 Å². The first-order valence-electron chi connectivity index (χ1n) is 5.33. The summed E-state index contributed by atoms with van der Waals surface area (Å²) in [6.07, 6.45) is 0. The number of hydrogen-bond acceptors (Lipinski definition) is 6. The molecule has 17 heavy (non-hydrogen) atoms. The van der Waals surface area contributed by atoms with Gasteiger partial charge in [-0.2, -0.15) is 10.2 Å². The van der Waals surface area contributed by atoms with Crippen molar-refractivity contribution in [1.82, 2.24) is 0 Å². The maximum absolute atomic E-state index is 12.0. The van der Waals surface area contributed by atoms with Crippen molar-refractivity contribution < 1.29 is 8.42 Å². The first kappa shape index (κ1) is 14.0. The van der Waals surface area contributed by atoms with Crippen molar-refractivity contribution in [3.63, 3.8) is 0 Å². The molecule has 0 aliphatic carbocycles.